The Hall–Kier alpha value is -1.20. The molecule has 2 saturated heterocycles. The molecule has 0 saturated carbocycles. The normalized spacial score (nSPS) is 21.7. The molecule has 0 N–H and O–H groups in total. The largest absolute Gasteiger partial charge is 0.302 e. The zero-order valence-corrected chi connectivity index (χ0v) is 15.1. The fourth-order valence-electron chi connectivity index (χ4n) is 3.96. The number of hydrogen-bond acceptors (Lipinski definition) is 4. The van der Waals surface area contributed by atoms with Gasteiger partial charge in [-0.2, -0.15) is 5.10 Å². The molecular weight excluding hydrogens is 300 g/mol. The van der Waals surface area contributed by atoms with Gasteiger partial charge in [0.15, 0.2) is 0 Å². The van der Waals surface area contributed by atoms with E-state index in [0.717, 1.165) is 12.2 Å². The van der Waals surface area contributed by atoms with Crippen LogP contribution >= 0.6 is 0 Å². The first-order valence-electron chi connectivity index (χ1n) is 9.70. The average Bonchev–Trinajstić information content (AvgIpc) is 2.86. The molecule has 2 fully saturated rings. The number of likely N-dealkylation sites (tertiary alicyclic amines) is 2. The Kier molecular flexibility index (Phi) is 6.44. The van der Waals surface area contributed by atoms with Crippen LogP contribution in [0.5, 0.6) is 0 Å². The van der Waals surface area contributed by atoms with Crippen molar-refractivity contribution < 1.29 is 0 Å². The van der Waals surface area contributed by atoms with Crippen LogP contribution in [-0.4, -0.2) is 58.8 Å². The van der Waals surface area contributed by atoms with Gasteiger partial charge in [-0.15, -0.1) is 0 Å². The summed E-state index contributed by atoms with van der Waals surface area (Å²) in [5, 5.41) is 4.38. The SMILES string of the molecule is Cc1ccc(=O)n(CC2CCN(CCN3CCCCCC3)CC2)n1. The predicted octanol–water partition coefficient (Wildman–Crippen LogP) is 2.14. The van der Waals surface area contributed by atoms with Crippen LogP contribution in [0.4, 0.5) is 0 Å². The molecule has 0 amide bonds. The molecule has 1 aromatic heterocycles. The third-order valence-electron chi connectivity index (χ3n) is 5.57. The Bertz CT molecular complexity index is 555. The zero-order valence-electron chi connectivity index (χ0n) is 15.1. The van der Waals surface area contributed by atoms with Crippen LogP contribution in [0, 0.1) is 12.8 Å². The van der Waals surface area contributed by atoms with Crippen LogP contribution in [-0.2, 0) is 6.54 Å². The number of piperidine rings is 1. The summed E-state index contributed by atoms with van der Waals surface area (Å²) in [5.41, 5.74) is 0.952. The number of nitrogens with zero attached hydrogens (tertiary/aromatic N) is 4. The Labute approximate surface area is 145 Å². The van der Waals surface area contributed by atoms with Crippen LogP contribution in [0.1, 0.15) is 44.2 Å². The van der Waals surface area contributed by atoms with Gasteiger partial charge in [0.05, 0.1) is 5.69 Å². The first-order valence-corrected chi connectivity index (χ1v) is 9.70. The minimum atomic E-state index is 0.0317. The standard InChI is InChI=1S/C19H32N4O/c1-17-6-7-19(24)23(20-17)16-18-8-12-22(13-9-18)15-14-21-10-4-2-3-5-11-21/h6-7,18H,2-5,8-16H2,1H3. The van der Waals surface area contributed by atoms with Gasteiger partial charge in [0.1, 0.15) is 0 Å². The van der Waals surface area contributed by atoms with E-state index in [1.807, 2.05) is 6.92 Å². The van der Waals surface area contributed by atoms with E-state index >= 15 is 0 Å². The predicted molar refractivity (Wildman–Crippen MR) is 97.3 cm³/mol. The molecule has 5 heteroatoms. The number of aryl methyl sites for hydroxylation is 1. The van der Waals surface area contributed by atoms with Crippen molar-refractivity contribution in [2.45, 2.75) is 52.0 Å². The molecule has 2 aliphatic rings. The zero-order chi connectivity index (χ0) is 16.8. The molecule has 3 rings (SSSR count). The lowest BCUT2D eigenvalue weighted by Gasteiger charge is -2.33. The lowest BCUT2D eigenvalue weighted by atomic mass is 9.97. The van der Waals surface area contributed by atoms with Crippen molar-refractivity contribution in [3.63, 3.8) is 0 Å². The molecule has 0 bridgehead atoms. The molecule has 0 aromatic carbocycles. The lowest BCUT2D eigenvalue weighted by molar-refractivity contribution is 0.147. The Balaban J connectivity index is 1.40. The van der Waals surface area contributed by atoms with Gasteiger partial charge in [-0.25, -0.2) is 4.68 Å². The second-order valence-electron chi connectivity index (χ2n) is 7.54. The van der Waals surface area contributed by atoms with E-state index in [0.29, 0.717) is 5.92 Å². The molecular formula is C19H32N4O. The molecule has 0 spiro atoms. The van der Waals surface area contributed by atoms with Crippen molar-refractivity contribution in [3.05, 3.63) is 28.2 Å². The van der Waals surface area contributed by atoms with E-state index < -0.39 is 0 Å². The van der Waals surface area contributed by atoms with Gasteiger partial charge in [0.2, 0.25) is 0 Å². The molecule has 134 valence electrons. The van der Waals surface area contributed by atoms with Gasteiger partial charge in [0.25, 0.3) is 5.56 Å². The quantitative estimate of drug-likeness (QED) is 0.828. The van der Waals surface area contributed by atoms with Crippen molar-refractivity contribution in [2.24, 2.45) is 5.92 Å². The minimum absolute atomic E-state index is 0.0317. The molecule has 0 aliphatic carbocycles. The number of aromatic nitrogens is 2. The topological polar surface area (TPSA) is 41.4 Å². The molecule has 5 nitrogen and oxygen atoms in total. The summed E-state index contributed by atoms with van der Waals surface area (Å²) in [4.78, 5) is 17.2. The third kappa shape index (κ3) is 5.15. The van der Waals surface area contributed by atoms with Gasteiger partial charge in [-0.3, -0.25) is 4.79 Å². The van der Waals surface area contributed by atoms with Crippen LogP contribution < -0.4 is 5.56 Å². The highest BCUT2D eigenvalue weighted by Crippen LogP contribution is 2.18. The van der Waals surface area contributed by atoms with Crippen molar-refractivity contribution in [1.82, 2.24) is 19.6 Å². The van der Waals surface area contributed by atoms with E-state index in [4.69, 9.17) is 0 Å². The summed E-state index contributed by atoms with van der Waals surface area (Å²) in [6.07, 6.45) is 7.94. The average molecular weight is 332 g/mol. The summed E-state index contributed by atoms with van der Waals surface area (Å²) in [6, 6.07) is 3.43. The fourth-order valence-corrected chi connectivity index (χ4v) is 3.96. The maximum atomic E-state index is 11.9. The van der Waals surface area contributed by atoms with Crippen molar-refractivity contribution in [3.8, 4) is 0 Å². The maximum Gasteiger partial charge on any atom is 0.266 e. The summed E-state index contributed by atoms with van der Waals surface area (Å²) in [6.45, 7) is 10.1. The molecule has 1 aromatic rings. The van der Waals surface area contributed by atoms with Crippen LogP contribution in [0.25, 0.3) is 0 Å². The Morgan fingerprint density at radius 3 is 2.25 bits per heavy atom. The smallest absolute Gasteiger partial charge is 0.266 e. The van der Waals surface area contributed by atoms with Gasteiger partial charge >= 0.3 is 0 Å². The van der Waals surface area contributed by atoms with Gasteiger partial charge in [-0.05, 0) is 70.8 Å². The monoisotopic (exact) mass is 332 g/mol. The van der Waals surface area contributed by atoms with Crippen LogP contribution in [0.3, 0.4) is 0 Å². The third-order valence-corrected chi connectivity index (χ3v) is 5.57. The molecule has 0 radical (unpaired) electrons. The van der Waals surface area contributed by atoms with Gasteiger partial charge in [0, 0.05) is 25.7 Å². The van der Waals surface area contributed by atoms with E-state index in [9.17, 15) is 4.79 Å². The minimum Gasteiger partial charge on any atom is -0.302 e. The highest BCUT2D eigenvalue weighted by molar-refractivity contribution is 4.97. The number of hydrogen-bond donors (Lipinski definition) is 0. The van der Waals surface area contributed by atoms with Crippen molar-refractivity contribution in [2.75, 3.05) is 39.3 Å². The second kappa shape index (κ2) is 8.77. The fraction of sp³-hybridized carbons (Fsp3) is 0.789. The molecule has 24 heavy (non-hydrogen) atoms. The Morgan fingerprint density at radius 1 is 0.958 bits per heavy atom. The first kappa shape index (κ1) is 17.6. The molecule has 0 unspecified atom stereocenters. The summed E-state index contributed by atoms with van der Waals surface area (Å²) < 4.78 is 1.66. The molecule has 3 heterocycles. The molecule has 2 aliphatic heterocycles. The highest BCUT2D eigenvalue weighted by Gasteiger charge is 2.21. The van der Waals surface area contributed by atoms with Gasteiger partial charge < -0.3 is 9.80 Å². The number of rotatable bonds is 5. The van der Waals surface area contributed by atoms with E-state index in [1.165, 1.54) is 77.8 Å². The maximum absolute atomic E-state index is 11.9. The van der Waals surface area contributed by atoms with Gasteiger partial charge in [-0.1, -0.05) is 12.8 Å². The summed E-state index contributed by atoms with van der Waals surface area (Å²) >= 11 is 0. The van der Waals surface area contributed by atoms with E-state index in [-0.39, 0.29) is 5.56 Å². The highest BCUT2D eigenvalue weighted by atomic mass is 16.1. The molecule has 0 atom stereocenters. The second-order valence-corrected chi connectivity index (χ2v) is 7.54. The Morgan fingerprint density at radius 2 is 1.58 bits per heavy atom. The summed E-state index contributed by atoms with van der Waals surface area (Å²) in [5.74, 6) is 0.589. The first-order chi connectivity index (χ1) is 11.7. The van der Waals surface area contributed by atoms with Crippen LogP contribution in [0.2, 0.25) is 0 Å². The van der Waals surface area contributed by atoms with E-state index in [1.54, 1.807) is 16.8 Å². The van der Waals surface area contributed by atoms with Crippen LogP contribution in [0.15, 0.2) is 16.9 Å². The lowest BCUT2D eigenvalue weighted by Crippen LogP contribution is -2.41. The summed E-state index contributed by atoms with van der Waals surface area (Å²) in [7, 11) is 0. The van der Waals surface area contributed by atoms with E-state index in [2.05, 4.69) is 14.9 Å². The van der Waals surface area contributed by atoms with Crippen molar-refractivity contribution in [1.29, 1.82) is 0 Å². The van der Waals surface area contributed by atoms with Crippen molar-refractivity contribution >= 4 is 0 Å².